The van der Waals surface area contributed by atoms with Crippen molar-refractivity contribution in [1.29, 1.82) is 5.26 Å². The molecular weight excluding hydrogens is 310 g/mol. The van der Waals surface area contributed by atoms with Crippen molar-refractivity contribution in [2.45, 2.75) is 6.92 Å². The number of hydrogen-bond acceptors (Lipinski definition) is 6. The van der Waals surface area contributed by atoms with Gasteiger partial charge in [0, 0.05) is 38.7 Å². The van der Waals surface area contributed by atoms with Crippen LogP contribution in [0.15, 0.2) is 28.7 Å². The van der Waals surface area contributed by atoms with E-state index in [1.165, 1.54) is 0 Å². The topological polar surface area (TPSA) is 103 Å². The van der Waals surface area contributed by atoms with Gasteiger partial charge in [-0.15, -0.1) is 10.2 Å². The van der Waals surface area contributed by atoms with Crippen molar-refractivity contribution >= 4 is 11.8 Å². The fourth-order valence-electron chi connectivity index (χ4n) is 2.54. The van der Waals surface area contributed by atoms with E-state index in [0.29, 0.717) is 43.2 Å². The number of hydrogen-bond donors (Lipinski definition) is 0. The predicted molar refractivity (Wildman–Crippen MR) is 82.0 cm³/mol. The Hall–Kier alpha value is -3.21. The van der Waals surface area contributed by atoms with E-state index in [1.807, 2.05) is 6.07 Å². The molecule has 0 N–H and O–H groups in total. The van der Waals surface area contributed by atoms with Crippen LogP contribution in [0, 0.1) is 18.3 Å². The molecule has 0 bridgehead atoms. The smallest absolute Gasteiger partial charge is 0.311 e. The Morgan fingerprint density at radius 1 is 1.12 bits per heavy atom. The highest BCUT2D eigenvalue weighted by Crippen LogP contribution is 2.12. The van der Waals surface area contributed by atoms with Gasteiger partial charge in [-0.1, -0.05) is 6.07 Å². The van der Waals surface area contributed by atoms with Gasteiger partial charge in [-0.25, -0.2) is 0 Å². The van der Waals surface area contributed by atoms with Crippen molar-refractivity contribution < 1.29 is 14.0 Å². The lowest BCUT2D eigenvalue weighted by Gasteiger charge is -2.34. The molecule has 8 nitrogen and oxygen atoms in total. The molecule has 0 aliphatic carbocycles. The zero-order chi connectivity index (χ0) is 17.1. The number of nitriles is 1. The second kappa shape index (κ2) is 6.50. The third kappa shape index (κ3) is 3.10. The number of carbonyl (C=O) groups is 2. The van der Waals surface area contributed by atoms with Gasteiger partial charge in [0.05, 0.1) is 11.6 Å². The summed E-state index contributed by atoms with van der Waals surface area (Å²) in [5, 5.41) is 16.3. The zero-order valence-corrected chi connectivity index (χ0v) is 13.1. The second-order valence-corrected chi connectivity index (χ2v) is 5.40. The number of piperazine rings is 1. The molecule has 1 saturated heterocycles. The summed E-state index contributed by atoms with van der Waals surface area (Å²) >= 11 is 0. The average molecular weight is 325 g/mol. The van der Waals surface area contributed by atoms with E-state index in [0.717, 1.165) is 0 Å². The fourth-order valence-corrected chi connectivity index (χ4v) is 2.54. The molecule has 2 heterocycles. The Labute approximate surface area is 138 Å². The van der Waals surface area contributed by atoms with Gasteiger partial charge in [-0.05, 0) is 18.2 Å². The lowest BCUT2D eigenvalue weighted by Crippen LogP contribution is -2.50. The van der Waals surface area contributed by atoms with Crippen molar-refractivity contribution in [1.82, 2.24) is 20.0 Å². The fraction of sp³-hybridized carbons (Fsp3) is 0.312. The Balaban J connectivity index is 1.63. The summed E-state index contributed by atoms with van der Waals surface area (Å²) in [4.78, 5) is 28.0. The first-order valence-electron chi connectivity index (χ1n) is 7.47. The summed E-state index contributed by atoms with van der Waals surface area (Å²) in [5.41, 5.74) is 0.919. The summed E-state index contributed by atoms with van der Waals surface area (Å²) in [6.45, 7) is 3.23. The van der Waals surface area contributed by atoms with Crippen molar-refractivity contribution in [2.24, 2.45) is 0 Å². The van der Waals surface area contributed by atoms with Gasteiger partial charge >= 0.3 is 11.8 Å². The molecule has 2 amide bonds. The Bertz CT molecular complexity index is 815. The van der Waals surface area contributed by atoms with Crippen molar-refractivity contribution in [3.63, 3.8) is 0 Å². The number of rotatable bonds is 2. The quantitative estimate of drug-likeness (QED) is 0.811. The van der Waals surface area contributed by atoms with Crippen LogP contribution < -0.4 is 0 Å². The van der Waals surface area contributed by atoms with Gasteiger partial charge in [-0.3, -0.25) is 9.59 Å². The third-order valence-electron chi connectivity index (χ3n) is 3.80. The molecule has 0 unspecified atom stereocenters. The molecule has 24 heavy (non-hydrogen) atoms. The highest BCUT2D eigenvalue weighted by Gasteiger charge is 2.28. The van der Waals surface area contributed by atoms with Gasteiger partial charge < -0.3 is 14.2 Å². The third-order valence-corrected chi connectivity index (χ3v) is 3.80. The van der Waals surface area contributed by atoms with Crippen LogP contribution >= 0.6 is 0 Å². The van der Waals surface area contributed by atoms with E-state index in [9.17, 15) is 9.59 Å². The molecular formula is C16H15N5O3. The van der Waals surface area contributed by atoms with Gasteiger partial charge in [0.25, 0.3) is 5.91 Å². The summed E-state index contributed by atoms with van der Waals surface area (Å²) in [6, 6.07) is 8.61. The molecule has 3 rings (SSSR count). The van der Waals surface area contributed by atoms with E-state index in [4.69, 9.17) is 9.68 Å². The van der Waals surface area contributed by atoms with Gasteiger partial charge in [-0.2, -0.15) is 5.26 Å². The van der Waals surface area contributed by atoms with Crippen LogP contribution in [0.25, 0.3) is 0 Å². The maximum Gasteiger partial charge on any atom is 0.311 e. The van der Waals surface area contributed by atoms with Crippen molar-refractivity contribution in [2.75, 3.05) is 26.2 Å². The molecule has 0 radical (unpaired) electrons. The zero-order valence-electron chi connectivity index (χ0n) is 13.1. The van der Waals surface area contributed by atoms with Crippen LogP contribution in [0.4, 0.5) is 0 Å². The van der Waals surface area contributed by atoms with Crippen LogP contribution in [0.3, 0.4) is 0 Å². The van der Waals surface area contributed by atoms with E-state index < -0.39 is 0 Å². The molecule has 8 heteroatoms. The highest BCUT2D eigenvalue weighted by atomic mass is 16.4. The van der Waals surface area contributed by atoms with E-state index in [1.54, 1.807) is 41.0 Å². The maximum atomic E-state index is 12.5. The van der Waals surface area contributed by atoms with Crippen LogP contribution in [0.2, 0.25) is 0 Å². The normalized spacial score (nSPS) is 14.3. The SMILES string of the molecule is Cc1nnc(C(=O)N2CCN(C(=O)c3cccc(C#N)c3)CC2)o1. The number of benzene rings is 1. The molecule has 0 atom stereocenters. The summed E-state index contributed by atoms with van der Waals surface area (Å²) in [5.74, 6) is -0.166. The minimum absolute atomic E-state index is 0.0333. The molecule has 1 aromatic heterocycles. The van der Waals surface area contributed by atoms with E-state index in [2.05, 4.69) is 10.2 Å². The number of aryl methyl sites for hydroxylation is 1. The maximum absolute atomic E-state index is 12.5. The average Bonchev–Trinajstić information content (AvgIpc) is 3.07. The Morgan fingerprint density at radius 3 is 2.38 bits per heavy atom. The molecule has 1 fully saturated rings. The standard InChI is InChI=1S/C16H15N5O3/c1-11-18-19-14(24-11)16(23)21-7-5-20(6-8-21)15(22)13-4-2-3-12(9-13)10-17/h2-4,9H,5-8H2,1H3. The Kier molecular flexibility index (Phi) is 4.24. The number of nitrogens with zero attached hydrogens (tertiary/aromatic N) is 5. The number of aromatic nitrogens is 2. The van der Waals surface area contributed by atoms with Crippen LogP contribution in [-0.2, 0) is 0 Å². The first-order valence-corrected chi connectivity index (χ1v) is 7.47. The molecule has 1 aromatic carbocycles. The monoisotopic (exact) mass is 325 g/mol. The summed E-state index contributed by atoms with van der Waals surface area (Å²) in [6.07, 6.45) is 0. The highest BCUT2D eigenvalue weighted by molar-refractivity contribution is 5.95. The molecule has 122 valence electrons. The molecule has 1 aliphatic rings. The van der Waals surface area contributed by atoms with E-state index in [-0.39, 0.29) is 17.7 Å². The first-order chi connectivity index (χ1) is 11.6. The second-order valence-electron chi connectivity index (χ2n) is 5.40. The van der Waals surface area contributed by atoms with Crippen molar-refractivity contribution in [3.8, 4) is 6.07 Å². The first kappa shape index (κ1) is 15.7. The largest absolute Gasteiger partial charge is 0.417 e. The van der Waals surface area contributed by atoms with Crippen LogP contribution in [0.5, 0.6) is 0 Å². The molecule has 0 spiro atoms. The lowest BCUT2D eigenvalue weighted by molar-refractivity contribution is 0.0512. The van der Waals surface area contributed by atoms with Gasteiger partial charge in [0.15, 0.2) is 0 Å². The molecule has 2 aromatic rings. The minimum atomic E-state index is -0.325. The van der Waals surface area contributed by atoms with Crippen LogP contribution in [-0.4, -0.2) is 58.0 Å². The number of amides is 2. The minimum Gasteiger partial charge on any atom is -0.417 e. The Morgan fingerprint density at radius 2 is 1.79 bits per heavy atom. The number of carbonyl (C=O) groups excluding carboxylic acids is 2. The van der Waals surface area contributed by atoms with Gasteiger partial charge in [0.1, 0.15) is 0 Å². The lowest BCUT2D eigenvalue weighted by atomic mass is 10.1. The van der Waals surface area contributed by atoms with E-state index >= 15 is 0 Å². The summed E-state index contributed by atoms with van der Waals surface area (Å²) < 4.78 is 5.14. The molecule has 0 saturated carbocycles. The van der Waals surface area contributed by atoms with Crippen LogP contribution in [0.1, 0.15) is 32.5 Å². The predicted octanol–water partition coefficient (Wildman–Crippen LogP) is 0.848. The summed E-state index contributed by atoms with van der Waals surface area (Å²) in [7, 11) is 0. The van der Waals surface area contributed by atoms with Gasteiger partial charge in [0.2, 0.25) is 5.89 Å². The molecule has 1 aliphatic heterocycles. The van der Waals surface area contributed by atoms with Crippen molar-refractivity contribution in [3.05, 3.63) is 47.2 Å².